The summed E-state index contributed by atoms with van der Waals surface area (Å²) in [6.45, 7) is 4.19. The van der Waals surface area contributed by atoms with Gasteiger partial charge in [-0.2, -0.15) is 15.4 Å². The van der Waals surface area contributed by atoms with E-state index in [1.807, 2.05) is 0 Å². The fourth-order valence-corrected chi connectivity index (χ4v) is 2.86. The van der Waals surface area contributed by atoms with Crippen molar-refractivity contribution < 1.29 is 0 Å². The summed E-state index contributed by atoms with van der Waals surface area (Å²) in [4.78, 5) is 0. The average molecular weight is 299 g/mol. The van der Waals surface area contributed by atoms with E-state index in [1.54, 1.807) is 0 Å². The van der Waals surface area contributed by atoms with Crippen molar-refractivity contribution in [2.24, 2.45) is 0 Å². The number of nitrogens with zero attached hydrogens (tertiary/aromatic N) is 2. The molecule has 4 aromatic rings. The van der Waals surface area contributed by atoms with Gasteiger partial charge in [-0.05, 0) is 25.0 Å². The van der Waals surface area contributed by atoms with Gasteiger partial charge in [-0.3, -0.25) is 0 Å². The smallest absolute Gasteiger partial charge is 0.121 e. The molecule has 4 rings (SSSR count). The van der Waals surface area contributed by atoms with Crippen LogP contribution in [-0.4, -0.2) is 15.4 Å². The van der Waals surface area contributed by atoms with Crippen molar-refractivity contribution in [3.8, 4) is 22.3 Å². The van der Waals surface area contributed by atoms with Crippen molar-refractivity contribution in [3.63, 3.8) is 0 Å². The van der Waals surface area contributed by atoms with Gasteiger partial charge in [0, 0.05) is 11.1 Å². The summed E-state index contributed by atoms with van der Waals surface area (Å²) in [5, 5.41) is 11.6. The summed E-state index contributed by atoms with van der Waals surface area (Å²) in [7, 11) is 0. The lowest BCUT2D eigenvalue weighted by Crippen LogP contribution is -1.86. The first-order valence-corrected chi connectivity index (χ1v) is 7.70. The van der Waals surface area contributed by atoms with Crippen molar-refractivity contribution in [1.29, 1.82) is 0 Å². The molecule has 0 aliphatic rings. The predicted octanol–water partition coefficient (Wildman–Crippen LogP) is 4.91. The normalized spacial score (nSPS) is 11.0. The Hall–Kier alpha value is -2.94. The van der Waals surface area contributed by atoms with Gasteiger partial charge in [0.25, 0.3) is 0 Å². The van der Waals surface area contributed by atoms with Gasteiger partial charge < -0.3 is 0 Å². The van der Waals surface area contributed by atoms with Crippen LogP contribution in [0.3, 0.4) is 0 Å². The van der Waals surface area contributed by atoms with E-state index in [0.29, 0.717) is 0 Å². The number of rotatable bonds is 2. The maximum atomic E-state index is 4.39. The lowest BCUT2D eigenvalue weighted by Gasteiger charge is -2.07. The molecule has 0 atom stereocenters. The highest BCUT2D eigenvalue weighted by atomic mass is 15.3. The predicted molar refractivity (Wildman–Crippen MR) is 94.2 cm³/mol. The molecular formula is C20H17N3. The summed E-state index contributed by atoms with van der Waals surface area (Å²) in [5.74, 6) is 0. The Morgan fingerprint density at radius 1 is 0.565 bits per heavy atom. The first kappa shape index (κ1) is 13.7. The van der Waals surface area contributed by atoms with E-state index in [4.69, 9.17) is 0 Å². The van der Waals surface area contributed by atoms with Crippen molar-refractivity contribution >= 4 is 11.0 Å². The summed E-state index contributed by atoms with van der Waals surface area (Å²) in [5.41, 5.74) is 8.84. The Kier molecular flexibility index (Phi) is 3.19. The van der Waals surface area contributed by atoms with E-state index >= 15 is 0 Å². The van der Waals surface area contributed by atoms with Crippen LogP contribution >= 0.6 is 0 Å². The molecule has 3 aromatic carbocycles. The summed E-state index contributed by atoms with van der Waals surface area (Å²) in [6, 6.07) is 21.3. The highest BCUT2D eigenvalue weighted by molar-refractivity contribution is 6.00. The molecule has 0 aliphatic heterocycles. The van der Waals surface area contributed by atoms with Gasteiger partial charge in [-0.1, -0.05) is 71.8 Å². The molecule has 0 amide bonds. The Morgan fingerprint density at radius 2 is 0.957 bits per heavy atom. The Balaban J connectivity index is 1.91. The van der Waals surface area contributed by atoms with Gasteiger partial charge in [-0.25, -0.2) is 0 Å². The van der Waals surface area contributed by atoms with Crippen molar-refractivity contribution in [1.82, 2.24) is 15.4 Å². The van der Waals surface area contributed by atoms with E-state index < -0.39 is 0 Å². The van der Waals surface area contributed by atoms with Crippen LogP contribution in [0.25, 0.3) is 33.3 Å². The quantitative estimate of drug-likeness (QED) is 0.571. The number of benzene rings is 3. The molecule has 1 heterocycles. The molecule has 0 fully saturated rings. The van der Waals surface area contributed by atoms with Crippen LogP contribution < -0.4 is 0 Å². The highest BCUT2D eigenvalue weighted by Crippen LogP contribution is 2.33. The van der Waals surface area contributed by atoms with E-state index in [9.17, 15) is 0 Å². The van der Waals surface area contributed by atoms with Crippen molar-refractivity contribution in [2.45, 2.75) is 13.8 Å². The molecule has 0 bridgehead atoms. The molecule has 3 nitrogen and oxygen atoms in total. The monoisotopic (exact) mass is 299 g/mol. The number of hydrogen-bond acceptors (Lipinski definition) is 2. The summed E-state index contributed by atoms with van der Waals surface area (Å²) in [6.07, 6.45) is 0. The first-order chi connectivity index (χ1) is 11.2. The van der Waals surface area contributed by atoms with Crippen LogP contribution in [0, 0.1) is 13.8 Å². The highest BCUT2D eigenvalue weighted by Gasteiger charge is 2.12. The summed E-state index contributed by atoms with van der Waals surface area (Å²) < 4.78 is 0. The minimum absolute atomic E-state index is 0.909. The number of H-pyrrole nitrogens is 1. The largest absolute Gasteiger partial charge is 0.197 e. The third-order valence-electron chi connectivity index (χ3n) is 4.20. The van der Waals surface area contributed by atoms with Crippen LogP contribution in [0.2, 0.25) is 0 Å². The zero-order chi connectivity index (χ0) is 15.8. The standard InChI is InChI=1S/C20H17N3/c1-13-3-7-15(8-4-13)17-11-12-18(20-19(17)21-23-22-20)16-9-5-14(2)6-10-16/h3-12H,1-2H3,(H,21,22,23). The molecule has 1 N–H and O–H groups in total. The SMILES string of the molecule is Cc1ccc(-c2ccc(-c3ccc(C)cc3)c3n[nH]nc23)cc1. The average Bonchev–Trinajstić information content (AvgIpc) is 3.05. The topological polar surface area (TPSA) is 41.6 Å². The lowest BCUT2D eigenvalue weighted by atomic mass is 9.97. The minimum Gasteiger partial charge on any atom is -0.197 e. The minimum atomic E-state index is 0.909. The summed E-state index contributed by atoms with van der Waals surface area (Å²) >= 11 is 0. The van der Waals surface area contributed by atoms with Crippen molar-refractivity contribution in [3.05, 3.63) is 71.8 Å². The van der Waals surface area contributed by atoms with E-state index in [-0.39, 0.29) is 0 Å². The fraction of sp³-hybridized carbons (Fsp3) is 0.100. The number of fused-ring (bicyclic) bond motifs is 1. The van der Waals surface area contributed by atoms with Crippen LogP contribution in [0.5, 0.6) is 0 Å². The van der Waals surface area contributed by atoms with Crippen molar-refractivity contribution in [2.75, 3.05) is 0 Å². The Labute approximate surface area is 135 Å². The lowest BCUT2D eigenvalue weighted by molar-refractivity contribution is 0.960. The van der Waals surface area contributed by atoms with E-state index in [0.717, 1.165) is 33.3 Å². The second-order valence-corrected chi connectivity index (χ2v) is 5.91. The number of aryl methyl sites for hydroxylation is 2. The maximum absolute atomic E-state index is 4.39. The molecule has 0 radical (unpaired) electrons. The molecule has 3 heteroatoms. The molecule has 23 heavy (non-hydrogen) atoms. The van der Waals surface area contributed by atoms with Crippen LogP contribution in [0.1, 0.15) is 11.1 Å². The second kappa shape index (κ2) is 5.36. The number of hydrogen-bond donors (Lipinski definition) is 1. The third-order valence-corrected chi connectivity index (χ3v) is 4.20. The van der Waals surface area contributed by atoms with Gasteiger partial charge in [0.1, 0.15) is 11.0 Å². The van der Waals surface area contributed by atoms with Gasteiger partial charge in [-0.15, -0.1) is 0 Å². The molecule has 0 unspecified atom stereocenters. The number of aromatic amines is 1. The molecule has 0 saturated heterocycles. The van der Waals surface area contributed by atoms with E-state index in [2.05, 4.69) is 89.9 Å². The number of aromatic nitrogens is 3. The first-order valence-electron chi connectivity index (χ1n) is 7.70. The zero-order valence-electron chi connectivity index (χ0n) is 13.2. The van der Waals surface area contributed by atoms with Gasteiger partial charge in [0.05, 0.1) is 0 Å². The van der Waals surface area contributed by atoms with Crippen LogP contribution in [-0.2, 0) is 0 Å². The van der Waals surface area contributed by atoms with Crippen LogP contribution in [0.4, 0.5) is 0 Å². The molecule has 1 aromatic heterocycles. The van der Waals surface area contributed by atoms with Gasteiger partial charge in [0.2, 0.25) is 0 Å². The molecule has 0 saturated carbocycles. The molecule has 0 aliphatic carbocycles. The maximum Gasteiger partial charge on any atom is 0.121 e. The van der Waals surface area contributed by atoms with Crippen LogP contribution in [0.15, 0.2) is 60.7 Å². The fourth-order valence-electron chi connectivity index (χ4n) is 2.86. The Morgan fingerprint density at radius 3 is 1.35 bits per heavy atom. The Bertz CT molecular complexity index is 885. The third kappa shape index (κ3) is 2.40. The van der Waals surface area contributed by atoms with Gasteiger partial charge in [0.15, 0.2) is 0 Å². The molecular weight excluding hydrogens is 282 g/mol. The van der Waals surface area contributed by atoms with Gasteiger partial charge >= 0.3 is 0 Å². The number of nitrogens with one attached hydrogen (secondary N) is 1. The zero-order valence-corrected chi connectivity index (χ0v) is 13.2. The molecule has 112 valence electrons. The molecule has 0 spiro atoms. The second-order valence-electron chi connectivity index (χ2n) is 5.91. The van der Waals surface area contributed by atoms with E-state index in [1.165, 1.54) is 11.1 Å².